The topological polar surface area (TPSA) is 15.3 Å². The molecule has 0 saturated carbocycles. The molecule has 1 unspecified atom stereocenters. The molecule has 0 amide bonds. The molecule has 0 aromatic heterocycles. The average Bonchev–Trinajstić information content (AvgIpc) is 2.63. The molecule has 1 saturated heterocycles. The SMILES string of the molecule is CC(C)CC1CN(c2ccc(C(C)(C)C)cc2)CCCN1. The van der Waals surface area contributed by atoms with Crippen molar-refractivity contribution in [2.75, 3.05) is 24.5 Å². The Morgan fingerprint density at radius 3 is 2.43 bits per heavy atom. The first-order chi connectivity index (χ1) is 9.86. The number of hydrogen-bond acceptors (Lipinski definition) is 2. The quantitative estimate of drug-likeness (QED) is 0.897. The van der Waals surface area contributed by atoms with Crippen molar-refractivity contribution >= 4 is 5.69 Å². The van der Waals surface area contributed by atoms with Crippen molar-refractivity contribution in [3.05, 3.63) is 29.8 Å². The van der Waals surface area contributed by atoms with Gasteiger partial charge in [-0.1, -0.05) is 46.8 Å². The predicted octanol–water partition coefficient (Wildman–Crippen LogP) is 4.20. The Kier molecular flexibility index (Phi) is 5.32. The van der Waals surface area contributed by atoms with E-state index in [0.29, 0.717) is 6.04 Å². The van der Waals surface area contributed by atoms with Crippen molar-refractivity contribution in [3.8, 4) is 0 Å². The standard InChI is InChI=1S/C19H32N2/c1-15(2)13-17-14-21(12-6-11-20-17)18-9-7-16(8-10-18)19(3,4)5/h7-10,15,17,20H,6,11-14H2,1-5H3. The van der Waals surface area contributed by atoms with Crippen LogP contribution in [0.3, 0.4) is 0 Å². The van der Waals surface area contributed by atoms with Crippen LogP contribution in [0.1, 0.15) is 53.0 Å². The highest BCUT2D eigenvalue weighted by molar-refractivity contribution is 5.49. The molecule has 0 aliphatic carbocycles. The van der Waals surface area contributed by atoms with Gasteiger partial charge in [0.1, 0.15) is 0 Å². The van der Waals surface area contributed by atoms with Crippen molar-refractivity contribution < 1.29 is 0 Å². The smallest absolute Gasteiger partial charge is 0.0366 e. The van der Waals surface area contributed by atoms with Gasteiger partial charge in [-0.2, -0.15) is 0 Å². The Bertz CT molecular complexity index is 428. The summed E-state index contributed by atoms with van der Waals surface area (Å²) < 4.78 is 0. The number of anilines is 1. The summed E-state index contributed by atoms with van der Waals surface area (Å²) in [6, 6.07) is 9.82. The molecule has 1 aliphatic heterocycles. The molecule has 1 aliphatic rings. The summed E-state index contributed by atoms with van der Waals surface area (Å²) in [7, 11) is 0. The van der Waals surface area contributed by atoms with E-state index in [1.54, 1.807) is 0 Å². The van der Waals surface area contributed by atoms with Gasteiger partial charge in [0.05, 0.1) is 0 Å². The van der Waals surface area contributed by atoms with Crippen molar-refractivity contribution in [2.24, 2.45) is 5.92 Å². The van der Waals surface area contributed by atoms with E-state index in [4.69, 9.17) is 0 Å². The van der Waals surface area contributed by atoms with Crippen LogP contribution in [0.25, 0.3) is 0 Å². The number of nitrogens with one attached hydrogen (secondary N) is 1. The van der Waals surface area contributed by atoms with E-state index in [1.807, 2.05) is 0 Å². The molecule has 2 nitrogen and oxygen atoms in total. The zero-order valence-electron chi connectivity index (χ0n) is 14.4. The maximum absolute atomic E-state index is 3.71. The van der Waals surface area contributed by atoms with Crippen LogP contribution in [0.15, 0.2) is 24.3 Å². The Labute approximate surface area is 130 Å². The van der Waals surface area contributed by atoms with Crippen LogP contribution in [0, 0.1) is 5.92 Å². The summed E-state index contributed by atoms with van der Waals surface area (Å²) in [4.78, 5) is 2.56. The van der Waals surface area contributed by atoms with Crippen LogP contribution in [0.2, 0.25) is 0 Å². The summed E-state index contributed by atoms with van der Waals surface area (Å²) in [5, 5.41) is 3.71. The summed E-state index contributed by atoms with van der Waals surface area (Å²) in [6.07, 6.45) is 2.49. The Morgan fingerprint density at radius 1 is 1.19 bits per heavy atom. The molecule has 1 N–H and O–H groups in total. The lowest BCUT2D eigenvalue weighted by atomic mass is 9.87. The highest BCUT2D eigenvalue weighted by Crippen LogP contribution is 2.25. The largest absolute Gasteiger partial charge is 0.370 e. The fourth-order valence-corrected chi connectivity index (χ4v) is 3.13. The molecule has 0 radical (unpaired) electrons. The molecule has 1 atom stereocenters. The third kappa shape index (κ3) is 4.74. The summed E-state index contributed by atoms with van der Waals surface area (Å²) in [6.45, 7) is 14.9. The molecule has 0 bridgehead atoms. The van der Waals surface area contributed by atoms with Crippen molar-refractivity contribution in [2.45, 2.75) is 58.9 Å². The number of hydrogen-bond donors (Lipinski definition) is 1. The second kappa shape index (κ2) is 6.83. The van der Waals surface area contributed by atoms with Crippen LogP contribution in [-0.4, -0.2) is 25.7 Å². The first-order valence-corrected chi connectivity index (χ1v) is 8.45. The van der Waals surface area contributed by atoms with Crippen LogP contribution >= 0.6 is 0 Å². The van der Waals surface area contributed by atoms with E-state index in [0.717, 1.165) is 25.6 Å². The minimum Gasteiger partial charge on any atom is -0.370 e. The third-order valence-corrected chi connectivity index (χ3v) is 4.33. The molecule has 21 heavy (non-hydrogen) atoms. The molecule has 2 rings (SSSR count). The zero-order chi connectivity index (χ0) is 15.5. The fraction of sp³-hybridized carbons (Fsp3) is 0.684. The lowest BCUT2D eigenvalue weighted by molar-refractivity contribution is 0.436. The summed E-state index contributed by atoms with van der Waals surface area (Å²) >= 11 is 0. The second-order valence-electron chi connectivity index (χ2n) is 7.88. The lowest BCUT2D eigenvalue weighted by Crippen LogP contribution is -2.38. The molecular weight excluding hydrogens is 256 g/mol. The zero-order valence-corrected chi connectivity index (χ0v) is 14.4. The van der Waals surface area contributed by atoms with E-state index in [1.165, 1.54) is 24.1 Å². The monoisotopic (exact) mass is 288 g/mol. The normalized spacial score (nSPS) is 20.7. The summed E-state index contributed by atoms with van der Waals surface area (Å²) in [5.74, 6) is 0.755. The van der Waals surface area contributed by atoms with Crippen molar-refractivity contribution in [3.63, 3.8) is 0 Å². The summed E-state index contributed by atoms with van der Waals surface area (Å²) in [5.41, 5.74) is 3.03. The van der Waals surface area contributed by atoms with Crippen molar-refractivity contribution in [1.29, 1.82) is 0 Å². The van der Waals surface area contributed by atoms with E-state index in [-0.39, 0.29) is 5.41 Å². The van der Waals surface area contributed by atoms with E-state index < -0.39 is 0 Å². The van der Waals surface area contributed by atoms with Gasteiger partial charge in [0.15, 0.2) is 0 Å². The Morgan fingerprint density at radius 2 is 1.86 bits per heavy atom. The van der Waals surface area contributed by atoms with Crippen LogP contribution in [-0.2, 0) is 5.41 Å². The molecular formula is C19H32N2. The van der Waals surface area contributed by atoms with Gasteiger partial charge in [-0.3, -0.25) is 0 Å². The molecule has 0 spiro atoms. The molecule has 1 fully saturated rings. The van der Waals surface area contributed by atoms with Gasteiger partial charge in [-0.05, 0) is 48.4 Å². The Hall–Kier alpha value is -1.02. The van der Waals surface area contributed by atoms with Gasteiger partial charge < -0.3 is 10.2 Å². The van der Waals surface area contributed by atoms with E-state index >= 15 is 0 Å². The number of nitrogens with zero attached hydrogens (tertiary/aromatic N) is 1. The van der Waals surface area contributed by atoms with E-state index in [2.05, 4.69) is 69.1 Å². The fourth-order valence-electron chi connectivity index (χ4n) is 3.13. The molecule has 118 valence electrons. The van der Waals surface area contributed by atoms with Crippen LogP contribution < -0.4 is 10.2 Å². The van der Waals surface area contributed by atoms with Crippen LogP contribution in [0.4, 0.5) is 5.69 Å². The Balaban J connectivity index is 2.08. The lowest BCUT2D eigenvalue weighted by Gasteiger charge is -2.28. The van der Waals surface area contributed by atoms with Gasteiger partial charge in [0.2, 0.25) is 0 Å². The van der Waals surface area contributed by atoms with Gasteiger partial charge in [-0.25, -0.2) is 0 Å². The molecule has 1 heterocycles. The molecule has 2 heteroatoms. The first-order valence-electron chi connectivity index (χ1n) is 8.45. The minimum absolute atomic E-state index is 0.235. The number of rotatable bonds is 3. The predicted molar refractivity (Wildman–Crippen MR) is 93.2 cm³/mol. The van der Waals surface area contributed by atoms with Crippen LogP contribution in [0.5, 0.6) is 0 Å². The van der Waals surface area contributed by atoms with Gasteiger partial charge in [-0.15, -0.1) is 0 Å². The maximum Gasteiger partial charge on any atom is 0.0366 e. The van der Waals surface area contributed by atoms with Crippen molar-refractivity contribution in [1.82, 2.24) is 5.32 Å². The second-order valence-corrected chi connectivity index (χ2v) is 7.88. The highest BCUT2D eigenvalue weighted by atomic mass is 15.2. The molecule has 1 aromatic rings. The third-order valence-electron chi connectivity index (χ3n) is 4.33. The molecule has 1 aromatic carbocycles. The van der Waals surface area contributed by atoms with Gasteiger partial charge >= 0.3 is 0 Å². The van der Waals surface area contributed by atoms with E-state index in [9.17, 15) is 0 Å². The highest BCUT2D eigenvalue weighted by Gasteiger charge is 2.19. The van der Waals surface area contributed by atoms with Gasteiger partial charge in [0.25, 0.3) is 0 Å². The maximum atomic E-state index is 3.71. The average molecular weight is 288 g/mol. The first kappa shape index (κ1) is 16.4. The van der Waals surface area contributed by atoms with Gasteiger partial charge in [0, 0.05) is 24.8 Å². The number of benzene rings is 1. The minimum atomic E-state index is 0.235.